The third-order valence-corrected chi connectivity index (χ3v) is 3.19. The van der Waals surface area contributed by atoms with Crippen LogP contribution in [0, 0.1) is 11.8 Å². The minimum atomic E-state index is 0.819. The van der Waals surface area contributed by atoms with Gasteiger partial charge in [-0.25, -0.2) is 0 Å². The van der Waals surface area contributed by atoms with E-state index in [1.165, 1.54) is 0 Å². The number of rotatable bonds is 4. The van der Waals surface area contributed by atoms with Crippen LogP contribution in [-0.2, 0) is 0 Å². The molecular weight excluding hydrogens is 318 g/mol. The van der Waals surface area contributed by atoms with Crippen LogP contribution < -0.4 is 5.73 Å². The molecule has 134 valence electrons. The SMILES string of the molecule is C=C(C)/C=C\C(C#Cc1ccc(-c2ccccn2)nc1)=C/C.CCCN. The molecule has 0 spiro atoms. The summed E-state index contributed by atoms with van der Waals surface area (Å²) in [6, 6.07) is 9.67. The number of hydrogen-bond donors (Lipinski definition) is 1. The lowest BCUT2D eigenvalue weighted by molar-refractivity contribution is 0.932. The van der Waals surface area contributed by atoms with Crippen molar-refractivity contribution in [2.24, 2.45) is 5.73 Å². The Morgan fingerprint density at radius 3 is 2.38 bits per heavy atom. The van der Waals surface area contributed by atoms with Crippen LogP contribution >= 0.6 is 0 Å². The van der Waals surface area contributed by atoms with E-state index in [-0.39, 0.29) is 0 Å². The molecule has 0 saturated heterocycles. The van der Waals surface area contributed by atoms with Gasteiger partial charge in [-0.2, -0.15) is 0 Å². The highest BCUT2D eigenvalue weighted by molar-refractivity contribution is 5.55. The molecule has 0 aliphatic heterocycles. The Labute approximate surface area is 157 Å². The third kappa shape index (κ3) is 8.23. The summed E-state index contributed by atoms with van der Waals surface area (Å²) in [4.78, 5) is 8.69. The van der Waals surface area contributed by atoms with Crippen molar-refractivity contribution in [1.82, 2.24) is 9.97 Å². The van der Waals surface area contributed by atoms with Crippen molar-refractivity contribution in [2.75, 3.05) is 6.54 Å². The van der Waals surface area contributed by atoms with Crippen LogP contribution in [0.5, 0.6) is 0 Å². The second-order valence-electron chi connectivity index (χ2n) is 5.61. The number of hydrogen-bond acceptors (Lipinski definition) is 3. The summed E-state index contributed by atoms with van der Waals surface area (Å²) in [5, 5.41) is 0. The highest BCUT2D eigenvalue weighted by Gasteiger charge is 1.98. The lowest BCUT2D eigenvalue weighted by atomic mass is 10.1. The fourth-order valence-corrected chi connectivity index (χ4v) is 1.72. The van der Waals surface area contributed by atoms with Gasteiger partial charge in [-0.15, -0.1) is 0 Å². The normalized spacial score (nSPS) is 10.5. The van der Waals surface area contributed by atoms with Crippen molar-refractivity contribution in [2.45, 2.75) is 27.2 Å². The molecule has 26 heavy (non-hydrogen) atoms. The van der Waals surface area contributed by atoms with Crippen molar-refractivity contribution < 1.29 is 0 Å². The smallest absolute Gasteiger partial charge is 0.0887 e. The molecule has 0 bridgehead atoms. The predicted octanol–water partition coefficient (Wildman–Crippen LogP) is 4.93. The van der Waals surface area contributed by atoms with E-state index in [1.807, 2.05) is 62.4 Å². The Morgan fingerprint density at radius 2 is 1.88 bits per heavy atom. The van der Waals surface area contributed by atoms with Crippen LogP contribution in [0.3, 0.4) is 0 Å². The summed E-state index contributed by atoms with van der Waals surface area (Å²) < 4.78 is 0. The number of nitrogens with two attached hydrogens (primary N) is 1. The molecule has 2 rings (SSSR count). The summed E-state index contributed by atoms with van der Waals surface area (Å²) in [6.07, 6.45) is 10.5. The van der Waals surface area contributed by atoms with E-state index in [1.54, 1.807) is 12.4 Å². The predicted molar refractivity (Wildman–Crippen MR) is 111 cm³/mol. The second-order valence-corrected chi connectivity index (χ2v) is 5.61. The van der Waals surface area contributed by atoms with E-state index >= 15 is 0 Å². The summed E-state index contributed by atoms with van der Waals surface area (Å²) >= 11 is 0. The fraction of sp³-hybridized carbons (Fsp3) is 0.217. The fourth-order valence-electron chi connectivity index (χ4n) is 1.72. The zero-order chi connectivity index (χ0) is 19.2. The largest absolute Gasteiger partial charge is 0.330 e. The van der Waals surface area contributed by atoms with Crippen molar-refractivity contribution >= 4 is 0 Å². The van der Waals surface area contributed by atoms with E-state index < -0.39 is 0 Å². The molecular formula is C23H27N3. The molecule has 0 unspecified atom stereocenters. The average molecular weight is 345 g/mol. The van der Waals surface area contributed by atoms with Gasteiger partial charge in [0.1, 0.15) is 0 Å². The molecule has 0 aromatic carbocycles. The molecule has 2 N–H and O–H groups in total. The van der Waals surface area contributed by atoms with Crippen LogP contribution in [0.1, 0.15) is 32.8 Å². The Kier molecular flexibility index (Phi) is 10.1. The monoisotopic (exact) mass is 345 g/mol. The van der Waals surface area contributed by atoms with Gasteiger partial charge in [-0.1, -0.05) is 49.1 Å². The maximum atomic E-state index is 5.03. The number of pyridine rings is 2. The van der Waals surface area contributed by atoms with E-state index in [0.717, 1.165) is 41.1 Å². The molecule has 0 atom stereocenters. The maximum absolute atomic E-state index is 5.03. The Bertz CT molecular complexity index is 787. The quantitative estimate of drug-likeness (QED) is 0.631. The van der Waals surface area contributed by atoms with Crippen LogP contribution in [0.4, 0.5) is 0 Å². The van der Waals surface area contributed by atoms with Crippen molar-refractivity contribution in [3.8, 4) is 23.2 Å². The molecule has 2 aromatic heterocycles. The molecule has 3 heteroatoms. The number of aromatic nitrogens is 2. The Balaban J connectivity index is 0.000000765. The van der Waals surface area contributed by atoms with Gasteiger partial charge in [-0.05, 0) is 57.2 Å². The van der Waals surface area contributed by atoms with Crippen LogP contribution in [0.15, 0.2) is 78.7 Å². The van der Waals surface area contributed by atoms with Crippen molar-refractivity contribution in [1.29, 1.82) is 0 Å². The first-order chi connectivity index (χ1) is 12.6. The lowest BCUT2D eigenvalue weighted by Crippen LogP contribution is -1.93. The Hall–Kier alpha value is -2.96. The maximum Gasteiger partial charge on any atom is 0.0887 e. The summed E-state index contributed by atoms with van der Waals surface area (Å²) in [5.41, 5.74) is 9.57. The summed E-state index contributed by atoms with van der Waals surface area (Å²) in [6.45, 7) is 10.6. The highest BCUT2D eigenvalue weighted by atomic mass is 14.8. The van der Waals surface area contributed by atoms with Gasteiger partial charge in [-0.3, -0.25) is 9.97 Å². The number of nitrogens with zero attached hydrogens (tertiary/aromatic N) is 2. The van der Waals surface area contributed by atoms with Gasteiger partial charge in [0.15, 0.2) is 0 Å². The van der Waals surface area contributed by atoms with Crippen LogP contribution in [0.25, 0.3) is 11.4 Å². The third-order valence-electron chi connectivity index (χ3n) is 3.19. The molecule has 0 amide bonds. The standard InChI is InChI=1S/C20H18N2.C3H9N/c1-4-17(9-8-16(2)3)10-11-18-12-13-20(22-15-18)19-7-5-6-14-21-19;1-2-3-4/h4-9,12-15H,2H2,1,3H3;2-4H2,1H3/b9-8-,17-4+;. The van der Waals surface area contributed by atoms with E-state index in [0.29, 0.717) is 0 Å². The van der Waals surface area contributed by atoms with Crippen LogP contribution in [-0.4, -0.2) is 16.5 Å². The zero-order valence-electron chi connectivity index (χ0n) is 15.9. The zero-order valence-corrected chi connectivity index (χ0v) is 15.9. The summed E-state index contributed by atoms with van der Waals surface area (Å²) in [7, 11) is 0. The van der Waals surface area contributed by atoms with Gasteiger partial charge in [0.2, 0.25) is 0 Å². The van der Waals surface area contributed by atoms with Gasteiger partial charge in [0.05, 0.1) is 11.4 Å². The van der Waals surface area contributed by atoms with Gasteiger partial charge >= 0.3 is 0 Å². The molecule has 0 saturated carbocycles. The first-order valence-electron chi connectivity index (χ1n) is 8.70. The highest BCUT2D eigenvalue weighted by Crippen LogP contribution is 2.13. The summed E-state index contributed by atoms with van der Waals surface area (Å²) in [5.74, 6) is 6.24. The molecule has 0 aliphatic carbocycles. The molecule has 3 nitrogen and oxygen atoms in total. The minimum Gasteiger partial charge on any atom is -0.330 e. The average Bonchev–Trinajstić information content (AvgIpc) is 2.69. The van der Waals surface area contributed by atoms with Crippen molar-refractivity contribution in [3.63, 3.8) is 0 Å². The molecule has 0 aliphatic rings. The minimum absolute atomic E-state index is 0.819. The first-order valence-corrected chi connectivity index (χ1v) is 8.70. The van der Waals surface area contributed by atoms with E-state index in [9.17, 15) is 0 Å². The number of allylic oxidation sites excluding steroid dienone is 5. The van der Waals surface area contributed by atoms with Gasteiger partial charge in [0, 0.05) is 23.5 Å². The molecule has 0 radical (unpaired) electrons. The van der Waals surface area contributed by atoms with E-state index in [4.69, 9.17) is 5.73 Å². The molecule has 2 heterocycles. The second kappa shape index (κ2) is 12.4. The van der Waals surface area contributed by atoms with Crippen molar-refractivity contribution in [3.05, 3.63) is 84.2 Å². The lowest BCUT2D eigenvalue weighted by Gasteiger charge is -1.98. The van der Waals surface area contributed by atoms with Gasteiger partial charge < -0.3 is 5.73 Å². The van der Waals surface area contributed by atoms with E-state index in [2.05, 4.69) is 35.3 Å². The topological polar surface area (TPSA) is 51.8 Å². The Morgan fingerprint density at radius 1 is 1.15 bits per heavy atom. The first kappa shape index (κ1) is 21.1. The van der Waals surface area contributed by atoms with Crippen LogP contribution in [0.2, 0.25) is 0 Å². The van der Waals surface area contributed by atoms with Gasteiger partial charge in [0.25, 0.3) is 0 Å². The molecule has 2 aromatic rings. The molecule has 0 fully saturated rings.